The van der Waals surface area contributed by atoms with E-state index >= 15 is 0 Å². The van der Waals surface area contributed by atoms with Crippen molar-refractivity contribution in [2.24, 2.45) is 0 Å². The zero-order valence-electron chi connectivity index (χ0n) is 3.23. The molecule has 0 aliphatic heterocycles. The summed E-state index contributed by atoms with van der Waals surface area (Å²) in [7, 11) is 0. The van der Waals surface area contributed by atoms with Crippen molar-refractivity contribution in [1.82, 2.24) is 0 Å². The summed E-state index contributed by atoms with van der Waals surface area (Å²) in [6, 6.07) is 0. The standard InChI is InChI=1S/2Al.2Hf.2O.2H. The molecule has 6 heteroatoms. The summed E-state index contributed by atoms with van der Waals surface area (Å²) in [5.74, 6) is 0. The molecule has 0 aliphatic rings. The molecule has 0 atom stereocenters. The molecule has 0 spiro atoms. The number of hydrogen-bond acceptors (Lipinski definition) is 2. The molecule has 0 fully saturated rings. The van der Waals surface area contributed by atoms with Gasteiger partial charge in [-0.15, -0.1) is 0 Å². The van der Waals surface area contributed by atoms with Gasteiger partial charge in [0.25, 0.3) is 0 Å². The molecule has 6 heavy (non-hydrogen) atoms. The van der Waals surface area contributed by atoms with Gasteiger partial charge in [-0.25, -0.2) is 0 Å². The van der Waals surface area contributed by atoms with Crippen molar-refractivity contribution in [2.45, 2.75) is 0 Å². The second-order valence-electron chi connectivity index (χ2n) is 0. The van der Waals surface area contributed by atoms with Crippen molar-refractivity contribution in [1.29, 1.82) is 0 Å². The van der Waals surface area contributed by atoms with Crippen LogP contribution >= 0.6 is 0 Å². The molecule has 0 aromatic heterocycles. The molecule has 0 N–H and O–H groups in total. The Morgan fingerprint density at radius 2 is 0.667 bits per heavy atom. The molecule has 0 bridgehead atoms. The fourth-order valence-corrected chi connectivity index (χ4v) is 0. The van der Waals surface area contributed by atoms with E-state index in [1.807, 2.05) is 0 Å². The first-order valence-corrected chi connectivity index (χ1v) is 1.73. The van der Waals surface area contributed by atoms with Crippen LogP contribution in [0.5, 0.6) is 0 Å². The summed E-state index contributed by atoms with van der Waals surface area (Å²) in [6.07, 6.45) is 0. The Kier molecular flexibility index (Phi) is 208. The normalized spacial score (nSPS) is 1.00. The van der Waals surface area contributed by atoms with Gasteiger partial charge >= 0.3 is 40.1 Å². The predicted octanol–water partition coefficient (Wildman–Crippen LogP) is -1.54. The van der Waals surface area contributed by atoms with E-state index in [0.717, 1.165) is 0 Å². The zero-order chi connectivity index (χ0) is 4.00. The molecule has 0 radical (unpaired) electrons. The van der Waals surface area contributed by atoms with Gasteiger partial charge in [-0.1, -0.05) is 0 Å². The molecule has 0 aliphatic carbocycles. The topological polar surface area (TPSA) is 34.1 Å². The molecule has 0 heterocycles. The molecule has 0 aromatic rings. The van der Waals surface area contributed by atoms with Crippen LogP contribution in [-0.4, -0.2) is 32.4 Å². The molecule has 0 aromatic carbocycles. The molecule has 0 unspecified atom stereocenters. The van der Waals surface area contributed by atoms with Crippen molar-refractivity contribution >= 4 is 32.4 Å². The molecular formula is H2Al2Hf2O2. The molecule has 0 saturated carbocycles. The van der Waals surface area contributed by atoms with E-state index in [0.29, 0.717) is 32.4 Å². The van der Waals surface area contributed by atoms with Gasteiger partial charge in [0.15, 0.2) is 0 Å². The average Bonchev–Trinajstić information content (AvgIpc) is 1.50. The van der Waals surface area contributed by atoms with Crippen molar-refractivity contribution < 1.29 is 59.3 Å². The Morgan fingerprint density at radius 3 is 0.667 bits per heavy atom. The van der Waals surface area contributed by atoms with Crippen molar-refractivity contribution in [2.75, 3.05) is 0 Å². The van der Waals surface area contributed by atoms with Crippen molar-refractivity contribution in [3.63, 3.8) is 0 Å². The Balaban J connectivity index is -0.00000000500. The molecule has 0 rings (SSSR count). The first-order valence-electron chi connectivity index (χ1n) is 0.577. The van der Waals surface area contributed by atoms with Gasteiger partial charge in [0.05, 0.1) is 0 Å². The van der Waals surface area contributed by atoms with Gasteiger partial charge in [-0.3, -0.25) is 0 Å². The fraction of sp³-hybridized carbons (Fsp3) is 0. The third-order valence-corrected chi connectivity index (χ3v) is 0. The average molecular weight is 445 g/mol. The second-order valence-corrected chi connectivity index (χ2v) is 0. The number of hydrogen-bond donors (Lipinski definition) is 0. The van der Waals surface area contributed by atoms with Gasteiger partial charge in [-0.05, 0) is 0 Å². The van der Waals surface area contributed by atoms with Crippen LogP contribution in [0.1, 0.15) is 0 Å². The van der Waals surface area contributed by atoms with Gasteiger partial charge in [0, 0.05) is 51.7 Å². The first kappa shape index (κ1) is 23.8. The van der Waals surface area contributed by atoms with E-state index in [-0.39, 0.29) is 51.7 Å². The van der Waals surface area contributed by atoms with Crippen molar-refractivity contribution in [3.05, 3.63) is 0 Å². The summed E-state index contributed by atoms with van der Waals surface area (Å²) < 4.78 is 16.6. The molecular weight excluding hydrogens is 443 g/mol. The summed E-state index contributed by atoms with van der Waals surface area (Å²) in [6.45, 7) is 0. The summed E-state index contributed by atoms with van der Waals surface area (Å²) >= 11 is 1.22. The van der Waals surface area contributed by atoms with Crippen LogP contribution in [0, 0.1) is 0 Å². The van der Waals surface area contributed by atoms with Gasteiger partial charge in [-0.2, -0.15) is 0 Å². The summed E-state index contributed by atoms with van der Waals surface area (Å²) in [5, 5.41) is 0. The summed E-state index contributed by atoms with van der Waals surface area (Å²) in [5.41, 5.74) is 0. The Morgan fingerprint density at radius 1 is 0.667 bits per heavy atom. The third kappa shape index (κ3) is 32.3. The van der Waals surface area contributed by atoms with Crippen LogP contribution in [0.4, 0.5) is 0 Å². The maximum absolute atomic E-state index is 8.28. The van der Waals surface area contributed by atoms with Crippen LogP contribution in [0.2, 0.25) is 0 Å². The van der Waals surface area contributed by atoms with E-state index in [9.17, 15) is 0 Å². The van der Waals surface area contributed by atoms with Gasteiger partial charge in [0.1, 0.15) is 0 Å². The van der Waals surface area contributed by atoms with E-state index < -0.39 is 0 Å². The zero-order valence-corrected chi connectivity index (χ0v) is 13.2. The maximum atomic E-state index is 8.28. The van der Waals surface area contributed by atoms with Crippen LogP contribution in [0.3, 0.4) is 0 Å². The quantitative estimate of drug-likeness (QED) is 0.424. The van der Waals surface area contributed by atoms with E-state index in [1.54, 1.807) is 0 Å². The second kappa shape index (κ2) is 52.5. The third-order valence-electron chi connectivity index (χ3n) is 0. The van der Waals surface area contributed by atoms with Crippen LogP contribution in [0.25, 0.3) is 0 Å². The molecule has 0 amide bonds. The van der Waals surface area contributed by atoms with Gasteiger partial charge in [0.2, 0.25) is 0 Å². The Hall–Kier alpha value is 2.41. The predicted molar refractivity (Wildman–Crippen MR) is 15.7 cm³/mol. The van der Waals surface area contributed by atoms with Crippen molar-refractivity contribution in [3.8, 4) is 0 Å². The van der Waals surface area contributed by atoms with Gasteiger partial charge < -0.3 is 0 Å². The Labute approximate surface area is 90.3 Å². The van der Waals surface area contributed by atoms with Crippen LogP contribution in [0.15, 0.2) is 0 Å². The summed E-state index contributed by atoms with van der Waals surface area (Å²) in [4.78, 5) is 0. The number of rotatable bonds is 0. The molecule has 0 saturated heterocycles. The van der Waals surface area contributed by atoms with E-state index in [4.69, 9.17) is 7.61 Å². The van der Waals surface area contributed by atoms with E-state index in [2.05, 4.69) is 0 Å². The van der Waals surface area contributed by atoms with Crippen LogP contribution in [-0.2, 0) is 59.3 Å². The SMILES string of the molecule is [Hf].[Hf].[O]=[AlH].[O]=[AlH]. The minimum atomic E-state index is 0. The fourth-order valence-electron chi connectivity index (χ4n) is 0. The van der Waals surface area contributed by atoms with E-state index in [1.165, 1.54) is 0 Å². The minimum absolute atomic E-state index is 0. The molecule has 28 valence electrons. The first-order chi connectivity index (χ1) is 2.00. The molecule has 2 nitrogen and oxygen atoms in total. The Bertz CT molecular complexity index is 11.5. The van der Waals surface area contributed by atoms with Crippen LogP contribution < -0.4 is 0 Å². The monoisotopic (exact) mass is 448 g/mol.